The van der Waals surface area contributed by atoms with Gasteiger partial charge in [-0.3, -0.25) is 14.7 Å². The molecule has 1 aromatic carbocycles. The van der Waals surface area contributed by atoms with Crippen molar-refractivity contribution in [3.05, 3.63) is 65.4 Å². The van der Waals surface area contributed by atoms with E-state index < -0.39 is 0 Å². The summed E-state index contributed by atoms with van der Waals surface area (Å²) in [5, 5.41) is 0. The van der Waals surface area contributed by atoms with E-state index in [1.807, 2.05) is 23.2 Å². The summed E-state index contributed by atoms with van der Waals surface area (Å²) in [5.74, 6) is 0.837. The summed E-state index contributed by atoms with van der Waals surface area (Å²) < 4.78 is 0. The fourth-order valence-electron chi connectivity index (χ4n) is 6.53. The quantitative estimate of drug-likeness (QED) is 0.446. The van der Waals surface area contributed by atoms with Crippen LogP contribution in [0.2, 0.25) is 0 Å². The molecule has 2 aliphatic heterocycles. The van der Waals surface area contributed by atoms with Crippen LogP contribution in [-0.4, -0.2) is 74.5 Å². The zero-order chi connectivity index (χ0) is 26.3. The number of carbonyl (C=O) groups is 1. The molecule has 7 nitrogen and oxygen atoms in total. The summed E-state index contributed by atoms with van der Waals surface area (Å²) in [7, 11) is 0. The van der Waals surface area contributed by atoms with Gasteiger partial charge in [-0.25, -0.2) is 4.98 Å². The third-order valence-electron chi connectivity index (χ3n) is 8.49. The van der Waals surface area contributed by atoms with Crippen molar-refractivity contribution in [2.45, 2.75) is 90.4 Å². The van der Waals surface area contributed by atoms with E-state index in [-0.39, 0.29) is 5.91 Å². The second-order valence-electron chi connectivity index (χ2n) is 11.2. The van der Waals surface area contributed by atoms with Crippen LogP contribution in [0.1, 0.15) is 86.1 Å². The van der Waals surface area contributed by atoms with Gasteiger partial charge in [0.1, 0.15) is 5.82 Å². The highest BCUT2D eigenvalue weighted by molar-refractivity contribution is 5.98. The van der Waals surface area contributed by atoms with Gasteiger partial charge in [-0.1, -0.05) is 26.0 Å². The zero-order valence-electron chi connectivity index (χ0n) is 23.2. The Balaban J connectivity index is 1.21. The van der Waals surface area contributed by atoms with Crippen molar-refractivity contribution in [1.29, 1.82) is 0 Å². The van der Waals surface area contributed by atoms with Crippen LogP contribution in [-0.2, 0) is 19.5 Å². The van der Waals surface area contributed by atoms with Crippen LogP contribution in [0.3, 0.4) is 0 Å². The van der Waals surface area contributed by atoms with Gasteiger partial charge in [0, 0.05) is 61.5 Å². The number of aliphatic imine (C=N–C) groups is 1. The second-order valence-corrected chi connectivity index (χ2v) is 11.2. The van der Waals surface area contributed by atoms with Crippen LogP contribution in [0.5, 0.6) is 0 Å². The maximum absolute atomic E-state index is 13.6. The van der Waals surface area contributed by atoms with Gasteiger partial charge in [0.15, 0.2) is 0 Å². The van der Waals surface area contributed by atoms with Crippen molar-refractivity contribution in [3.63, 3.8) is 0 Å². The number of nitrogens with one attached hydrogen (secondary N) is 1. The maximum Gasteiger partial charge on any atom is 0.254 e. The number of nitrogens with zero attached hydrogens (tertiary/aromatic N) is 5. The Hall–Kier alpha value is -2.77. The first kappa shape index (κ1) is 26.8. The molecule has 3 heterocycles. The number of amides is 1. The van der Waals surface area contributed by atoms with Crippen molar-refractivity contribution in [1.82, 2.24) is 24.7 Å². The van der Waals surface area contributed by atoms with Gasteiger partial charge in [-0.15, -0.1) is 0 Å². The van der Waals surface area contributed by atoms with E-state index in [4.69, 9.17) is 0 Å². The molecule has 5 rings (SSSR count). The Morgan fingerprint density at radius 3 is 2.58 bits per heavy atom. The minimum Gasteiger partial charge on any atom is -0.347 e. The van der Waals surface area contributed by atoms with E-state index in [1.54, 1.807) is 12.4 Å². The molecule has 0 radical (unpaired) electrons. The lowest BCUT2D eigenvalue weighted by molar-refractivity contribution is 0.0763. The number of benzene rings is 1. The number of aromatic amines is 1. The molecule has 38 heavy (non-hydrogen) atoms. The molecule has 0 spiro atoms. The monoisotopic (exact) mass is 516 g/mol. The van der Waals surface area contributed by atoms with E-state index in [0.29, 0.717) is 19.1 Å². The van der Waals surface area contributed by atoms with E-state index >= 15 is 0 Å². The number of hydrogen-bond acceptors (Lipinski definition) is 5. The first-order chi connectivity index (χ1) is 18.6. The normalized spacial score (nSPS) is 21.5. The number of aromatic nitrogens is 2. The lowest BCUT2D eigenvalue weighted by atomic mass is 9.87. The molecule has 1 aliphatic carbocycles. The molecule has 0 unspecified atom stereocenters. The zero-order valence-corrected chi connectivity index (χ0v) is 23.2. The van der Waals surface area contributed by atoms with Crippen molar-refractivity contribution < 1.29 is 4.79 Å². The number of fused-ring (bicyclic) bond motifs is 1. The van der Waals surface area contributed by atoms with E-state index in [9.17, 15) is 4.79 Å². The molecular weight excluding hydrogens is 472 g/mol. The minimum atomic E-state index is 0.0447. The van der Waals surface area contributed by atoms with Crippen molar-refractivity contribution in [2.24, 2.45) is 4.99 Å². The molecule has 1 aromatic heterocycles. The summed E-state index contributed by atoms with van der Waals surface area (Å²) >= 11 is 0. The Kier molecular flexibility index (Phi) is 9.07. The lowest BCUT2D eigenvalue weighted by Gasteiger charge is -2.42. The molecule has 1 amide bonds. The molecule has 0 atom stereocenters. The Labute approximate surface area is 228 Å². The summed E-state index contributed by atoms with van der Waals surface area (Å²) in [6.45, 7) is 10.2. The summed E-state index contributed by atoms with van der Waals surface area (Å²) in [6, 6.07) is 7.83. The van der Waals surface area contributed by atoms with Crippen molar-refractivity contribution >= 4 is 11.6 Å². The largest absolute Gasteiger partial charge is 0.347 e. The summed E-state index contributed by atoms with van der Waals surface area (Å²) in [4.78, 5) is 32.9. The number of H-pyrrole nitrogens is 1. The Morgan fingerprint density at radius 1 is 1.08 bits per heavy atom. The van der Waals surface area contributed by atoms with Gasteiger partial charge < -0.3 is 14.8 Å². The van der Waals surface area contributed by atoms with Crippen LogP contribution >= 0.6 is 0 Å². The van der Waals surface area contributed by atoms with Crippen LogP contribution in [0.15, 0.2) is 47.9 Å². The molecular formula is C31H44N6O. The highest BCUT2D eigenvalue weighted by Gasteiger charge is 2.30. The molecule has 1 N–H and O–H groups in total. The second kappa shape index (κ2) is 12.9. The van der Waals surface area contributed by atoms with E-state index in [1.165, 1.54) is 62.7 Å². The number of allylic oxidation sites excluding steroid dienone is 1. The third kappa shape index (κ3) is 6.44. The van der Waals surface area contributed by atoms with Gasteiger partial charge in [0.25, 0.3) is 5.91 Å². The molecule has 2 aromatic rings. The van der Waals surface area contributed by atoms with Gasteiger partial charge in [0.05, 0.1) is 13.1 Å². The predicted octanol–water partition coefficient (Wildman–Crippen LogP) is 5.20. The minimum absolute atomic E-state index is 0.0447. The summed E-state index contributed by atoms with van der Waals surface area (Å²) in [6.07, 6.45) is 17.0. The highest BCUT2D eigenvalue weighted by Crippen LogP contribution is 2.31. The van der Waals surface area contributed by atoms with E-state index in [0.717, 1.165) is 49.1 Å². The van der Waals surface area contributed by atoms with Gasteiger partial charge in [0.2, 0.25) is 0 Å². The fraction of sp³-hybridized carbons (Fsp3) is 0.581. The molecule has 7 heteroatoms. The Morgan fingerprint density at radius 2 is 1.89 bits per heavy atom. The average molecular weight is 517 g/mol. The number of hydrogen-bond donors (Lipinski definition) is 1. The third-order valence-corrected chi connectivity index (χ3v) is 8.49. The lowest BCUT2D eigenvalue weighted by Crippen LogP contribution is -2.46. The van der Waals surface area contributed by atoms with Crippen LogP contribution in [0, 0.1) is 0 Å². The molecule has 0 bridgehead atoms. The van der Waals surface area contributed by atoms with E-state index in [2.05, 4.69) is 50.7 Å². The number of rotatable bonds is 11. The standard InChI is InChI=1S/C31H44N6O/c1-3-17-35(18-4-2)28-9-11-29(12-10-28)36-19-13-24-20-25(7-8-26(24)21-36)31(38)37(22-27-6-5-14-32-27)23-30-33-15-16-34-30/h5,7-8,14-16,20,28-29H,3-4,6,9-13,17-19,21-23H2,1-2H3,(H,33,34). The van der Waals surface area contributed by atoms with Crippen LogP contribution in [0.4, 0.5) is 0 Å². The smallest absolute Gasteiger partial charge is 0.254 e. The first-order valence-electron chi connectivity index (χ1n) is 14.7. The maximum atomic E-state index is 13.6. The Bertz CT molecular complexity index is 1110. The summed E-state index contributed by atoms with van der Waals surface area (Å²) in [5.41, 5.74) is 4.50. The van der Waals surface area contributed by atoms with Gasteiger partial charge >= 0.3 is 0 Å². The predicted molar refractivity (Wildman–Crippen MR) is 153 cm³/mol. The first-order valence-corrected chi connectivity index (χ1v) is 14.7. The van der Waals surface area contributed by atoms with Crippen molar-refractivity contribution in [2.75, 3.05) is 26.2 Å². The van der Waals surface area contributed by atoms with Gasteiger partial charge in [-0.05, 0) is 81.3 Å². The van der Waals surface area contributed by atoms with Crippen molar-refractivity contribution in [3.8, 4) is 0 Å². The van der Waals surface area contributed by atoms with Crippen LogP contribution in [0.25, 0.3) is 0 Å². The molecule has 0 saturated heterocycles. The van der Waals surface area contributed by atoms with Gasteiger partial charge in [-0.2, -0.15) is 0 Å². The SMILES string of the molecule is CCCN(CCC)C1CCC(N2CCc3cc(C(=O)N(CC4=NC=CC4)Cc4ncc[nH]4)ccc3C2)CC1. The molecule has 1 fully saturated rings. The molecule has 1 saturated carbocycles. The fourth-order valence-corrected chi connectivity index (χ4v) is 6.53. The average Bonchev–Trinajstić information content (AvgIpc) is 3.66. The molecule has 3 aliphatic rings. The number of carbonyl (C=O) groups excluding carboxylic acids is 1. The topological polar surface area (TPSA) is 67.8 Å². The van der Waals surface area contributed by atoms with Crippen LogP contribution < -0.4 is 0 Å². The highest BCUT2D eigenvalue weighted by atomic mass is 16.2. The number of imidazole rings is 1. The molecule has 204 valence electrons.